The van der Waals surface area contributed by atoms with Crippen molar-refractivity contribution in [2.75, 3.05) is 0 Å². The van der Waals surface area contributed by atoms with Gasteiger partial charge in [-0.1, -0.05) is 69.2 Å². The Balaban J connectivity index is 0.000000281. The zero-order valence-electron chi connectivity index (χ0n) is 28.5. The highest BCUT2D eigenvalue weighted by Crippen LogP contribution is 2.10. The minimum atomic E-state index is 0.436. The molecule has 5 aromatic heterocycles. The Labute approximate surface area is 269 Å². The molecule has 10 nitrogen and oxygen atoms in total. The van der Waals surface area contributed by atoms with Crippen LogP contribution in [0.25, 0.3) is 0 Å². The summed E-state index contributed by atoms with van der Waals surface area (Å²) >= 11 is 0. The fourth-order valence-corrected chi connectivity index (χ4v) is 3.12. The van der Waals surface area contributed by atoms with Gasteiger partial charge in [0.1, 0.15) is 12.2 Å². The van der Waals surface area contributed by atoms with Crippen molar-refractivity contribution in [1.29, 1.82) is 0 Å². The van der Waals surface area contributed by atoms with E-state index in [9.17, 15) is 0 Å². The molecule has 0 fully saturated rings. The van der Waals surface area contributed by atoms with E-state index in [0.717, 1.165) is 22.9 Å². The van der Waals surface area contributed by atoms with Crippen LogP contribution in [-0.2, 0) is 0 Å². The van der Waals surface area contributed by atoms with Crippen LogP contribution in [0.4, 0.5) is 0 Å². The molecular formula is C35H50N10. The van der Waals surface area contributed by atoms with E-state index < -0.39 is 0 Å². The van der Waals surface area contributed by atoms with Gasteiger partial charge in [-0.2, -0.15) is 20.4 Å². The number of rotatable bonds is 5. The number of hydrogen-bond acceptors (Lipinski definition) is 10. The fraction of sp³-hybridized carbons (Fsp3) is 0.429. The van der Waals surface area contributed by atoms with E-state index in [4.69, 9.17) is 0 Å². The lowest BCUT2D eigenvalue weighted by Crippen LogP contribution is -1.93. The first kappa shape index (κ1) is 38.4. The molecule has 0 radical (unpaired) electrons. The van der Waals surface area contributed by atoms with E-state index in [1.165, 1.54) is 5.56 Å². The maximum atomic E-state index is 4.12. The van der Waals surface area contributed by atoms with Crippen LogP contribution >= 0.6 is 0 Å². The largest absolute Gasteiger partial charge is 0.261 e. The number of aromatic nitrogens is 10. The third-order valence-electron chi connectivity index (χ3n) is 5.93. The molecule has 5 heterocycles. The lowest BCUT2D eigenvalue weighted by atomic mass is 10.1. The summed E-state index contributed by atoms with van der Waals surface area (Å²) in [6.07, 6.45) is 17.3. The van der Waals surface area contributed by atoms with Crippen LogP contribution in [0, 0.1) is 0 Å². The van der Waals surface area contributed by atoms with E-state index in [2.05, 4.69) is 120 Å². The molecule has 0 spiro atoms. The Morgan fingerprint density at radius 1 is 0.422 bits per heavy atom. The van der Waals surface area contributed by atoms with E-state index >= 15 is 0 Å². The van der Waals surface area contributed by atoms with Gasteiger partial charge in [0.2, 0.25) is 0 Å². The van der Waals surface area contributed by atoms with Crippen molar-refractivity contribution in [3.63, 3.8) is 0 Å². The molecule has 5 rings (SSSR count). The predicted molar refractivity (Wildman–Crippen MR) is 181 cm³/mol. The minimum Gasteiger partial charge on any atom is -0.261 e. The van der Waals surface area contributed by atoms with Gasteiger partial charge in [-0.25, -0.2) is 19.9 Å². The maximum Gasteiger partial charge on any atom is 0.130 e. The summed E-state index contributed by atoms with van der Waals surface area (Å²) in [6, 6.07) is 9.63. The Kier molecular flexibility index (Phi) is 19.5. The van der Waals surface area contributed by atoms with Crippen LogP contribution < -0.4 is 0 Å². The van der Waals surface area contributed by atoms with Gasteiger partial charge in [0.15, 0.2) is 0 Å². The Morgan fingerprint density at radius 2 is 1.11 bits per heavy atom. The van der Waals surface area contributed by atoms with E-state index in [1.807, 2.05) is 30.3 Å². The van der Waals surface area contributed by atoms with Crippen molar-refractivity contribution in [2.45, 2.75) is 98.8 Å². The summed E-state index contributed by atoms with van der Waals surface area (Å²) in [6.45, 7) is 21.1. The second-order valence-corrected chi connectivity index (χ2v) is 11.5. The molecule has 0 N–H and O–H groups in total. The first-order valence-corrected chi connectivity index (χ1v) is 15.4. The van der Waals surface area contributed by atoms with E-state index in [0.29, 0.717) is 29.6 Å². The van der Waals surface area contributed by atoms with Gasteiger partial charge >= 0.3 is 0 Å². The van der Waals surface area contributed by atoms with Crippen LogP contribution in [-0.4, -0.2) is 50.3 Å². The molecule has 0 saturated carbocycles. The third kappa shape index (κ3) is 18.0. The van der Waals surface area contributed by atoms with Crippen molar-refractivity contribution < 1.29 is 0 Å². The molecule has 240 valence electrons. The molecule has 0 amide bonds. The van der Waals surface area contributed by atoms with Gasteiger partial charge in [-0.05, 0) is 59.6 Å². The molecule has 0 aromatic carbocycles. The van der Waals surface area contributed by atoms with Crippen molar-refractivity contribution in [1.82, 2.24) is 50.3 Å². The molecule has 10 heteroatoms. The topological polar surface area (TPSA) is 129 Å². The van der Waals surface area contributed by atoms with Crippen LogP contribution in [0.15, 0.2) is 92.4 Å². The summed E-state index contributed by atoms with van der Waals surface area (Å²) < 4.78 is 0. The van der Waals surface area contributed by atoms with E-state index in [-0.39, 0.29) is 0 Å². The molecule has 0 aliphatic heterocycles. The summed E-state index contributed by atoms with van der Waals surface area (Å²) in [5, 5.41) is 15.1. The molecule has 0 aliphatic rings. The average Bonchev–Trinajstić information content (AvgIpc) is 3.08. The Bertz CT molecular complexity index is 1100. The van der Waals surface area contributed by atoms with Crippen LogP contribution in [0.2, 0.25) is 0 Å². The third-order valence-corrected chi connectivity index (χ3v) is 5.93. The molecular weight excluding hydrogens is 560 g/mol. The first-order chi connectivity index (χ1) is 21.5. The first-order valence-electron chi connectivity index (χ1n) is 15.4. The lowest BCUT2D eigenvalue weighted by molar-refractivity contribution is 0.774. The highest BCUT2D eigenvalue weighted by Gasteiger charge is 1.99. The second kappa shape index (κ2) is 22.9. The normalized spacial score (nSPS) is 10.1. The zero-order valence-corrected chi connectivity index (χ0v) is 28.5. The monoisotopic (exact) mass is 610 g/mol. The smallest absolute Gasteiger partial charge is 0.130 e. The highest BCUT2D eigenvalue weighted by molar-refractivity contribution is 5.09. The molecule has 45 heavy (non-hydrogen) atoms. The molecule has 0 atom stereocenters. The molecule has 0 unspecified atom stereocenters. The standard InChI is InChI=1S/5C7H10N2/c1-6(2)7-5-8-3-4-9-7;1-6(2)7-3-4-8-5-9-7;1-6(2)7-3-4-8-9-5-7;1-6(2)7-8-4-3-5-9-7;1-6(2)7-4-3-5-8-9-7/h5*3-6H,1-2H3. The second-order valence-electron chi connectivity index (χ2n) is 11.5. The highest BCUT2D eigenvalue weighted by atomic mass is 15.1. The van der Waals surface area contributed by atoms with Gasteiger partial charge in [-0.15, -0.1) is 0 Å². The molecule has 0 bridgehead atoms. The molecule has 0 aliphatic carbocycles. The van der Waals surface area contributed by atoms with Gasteiger partial charge in [0.25, 0.3) is 0 Å². The van der Waals surface area contributed by atoms with Crippen molar-refractivity contribution in [3.05, 3.63) is 121 Å². The predicted octanol–water partition coefficient (Wildman–Crippen LogP) is 8.00. The summed E-state index contributed by atoms with van der Waals surface area (Å²) in [7, 11) is 0. The zero-order chi connectivity index (χ0) is 33.5. The summed E-state index contributed by atoms with van der Waals surface area (Å²) in [5.41, 5.74) is 4.45. The van der Waals surface area contributed by atoms with Crippen LogP contribution in [0.1, 0.15) is 127 Å². The quantitative estimate of drug-likeness (QED) is 0.193. The van der Waals surface area contributed by atoms with Crippen LogP contribution in [0.5, 0.6) is 0 Å². The lowest BCUT2D eigenvalue weighted by Gasteiger charge is -2.00. The SMILES string of the molecule is CC(C)c1cccnn1.CC(C)c1ccncn1.CC(C)c1ccnnc1.CC(C)c1cnccn1.CC(C)c1ncccn1. The Hall–Kier alpha value is -4.60. The number of nitrogens with zero attached hydrogens (tertiary/aromatic N) is 10. The summed E-state index contributed by atoms with van der Waals surface area (Å²) in [4.78, 5) is 24.1. The van der Waals surface area contributed by atoms with Gasteiger partial charge in [-0.3, -0.25) is 9.97 Å². The maximum absolute atomic E-state index is 4.12. The Morgan fingerprint density at radius 3 is 1.44 bits per heavy atom. The van der Waals surface area contributed by atoms with Crippen molar-refractivity contribution >= 4 is 0 Å². The van der Waals surface area contributed by atoms with Gasteiger partial charge in [0.05, 0.1) is 17.6 Å². The van der Waals surface area contributed by atoms with Gasteiger partial charge < -0.3 is 0 Å². The van der Waals surface area contributed by atoms with E-state index in [1.54, 1.807) is 62.1 Å². The van der Waals surface area contributed by atoms with Gasteiger partial charge in [0, 0.05) is 61.2 Å². The molecule has 0 saturated heterocycles. The van der Waals surface area contributed by atoms with Crippen LogP contribution in [0.3, 0.4) is 0 Å². The number of hydrogen-bond donors (Lipinski definition) is 0. The molecule has 5 aromatic rings. The van der Waals surface area contributed by atoms with Crippen molar-refractivity contribution in [2.24, 2.45) is 0 Å². The average molecular weight is 611 g/mol. The summed E-state index contributed by atoms with van der Waals surface area (Å²) in [5.74, 6) is 3.38. The minimum absolute atomic E-state index is 0.436. The van der Waals surface area contributed by atoms with Crippen molar-refractivity contribution in [3.8, 4) is 0 Å². The fourth-order valence-electron chi connectivity index (χ4n) is 3.12.